The predicted molar refractivity (Wildman–Crippen MR) is 104 cm³/mol. The molecule has 4 rings (SSSR count). The first-order valence-corrected chi connectivity index (χ1v) is 8.79. The zero-order chi connectivity index (χ0) is 18.5. The smallest absolute Gasteiger partial charge is 0.320 e. The molecule has 1 N–H and O–H groups in total. The number of aryl methyl sites for hydroxylation is 3. The number of benzene rings is 1. The van der Waals surface area contributed by atoms with Crippen molar-refractivity contribution in [2.75, 3.05) is 5.32 Å². The topological polar surface area (TPSA) is 76.7 Å². The first-order valence-electron chi connectivity index (χ1n) is 8.79. The van der Waals surface area contributed by atoms with Gasteiger partial charge in [-0.2, -0.15) is 0 Å². The second-order valence-electron chi connectivity index (χ2n) is 6.21. The molecule has 0 saturated carbocycles. The Morgan fingerprint density at radius 2 is 1.74 bits per heavy atom. The van der Waals surface area contributed by atoms with Gasteiger partial charge in [-0.15, -0.1) is 5.10 Å². The predicted octanol–water partition coefficient (Wildman–Crippen LogP) is 4.36. The van der Waals surface area contributed by atoms with Gasteiger partial charge < -0.3 is 9.73 Å². The molecule has 3 heterocycles. The number of rotatable bonds is 6. The first kappa shape index (κ1) is 16.9. The van der Waals surface area contributed by atoms with Gasteiger partial charge in [-0.05, 0) is 61.2 Å². The van der Waals surface area contributed by atoms with E-state index in [4.69, 9.17) is 4.42 Å². The van der Waals surface area contributed by atoms with Crippen LogP contribution in [-0.2, 0) is 12.8 Å². The number of hydrogen-bond donors (Lipinski definition) is 1. The molecule has 0 aliphatic carbocycles. The summed E-state index contributed by atoms with van der Waals surface area (Å²) in [5, 5.41) is 11.5. The summed E-state index contributed by atoms with van der Waals surface area (Å²) in [5.41, 5.74) is 5.06. The molecule has 0 aliphatic heterocycles. The van der Waals surface area contributed by atoms with Crippen LogP contribution in [0.3, 0.4) is 0 Å². The van der Waals surface area contributed by atoms with E-state index in [1.807, 2.05) is 55.5 Å². The van der Waals surface area contributed by atoms with Crippen molar-refractivity contribution in [2.24, 2.45) is 0 Å². The Hall–Kier alpha value is -3.54. The highest BCUT2D eigenvalue weighted by molar-refractivity contribution is 5.60. The fraction of sp³-hybridized carbons (Fsp3) is 0.143. The highest BCUT2D eigenvalue weighted by Gasteiger charge is 2.14. The Bertz CT molecular complexity index is 1030. The van der Waals surface area contributed by atoms with Crippen LogP contribution in [-0.4, -0.2) is 20.2 Å². The fourth-order valence-electron chi connectivity index (χ4n) is 2.86. The van der Waals surface area contributed by atoms with Gasteiger partial charge >= 0.3 is 6.01 Å². The number of pyridine rings is 2. The maximum Gasteiger partial charge on any atom is 0.320 e. The largest absolute Gasteiger partial charge is 0.403 e. The lowest BCUT2D eigenvalue weighted by Gasteiger charge is -2.06. The number of nitrogens with zero attached hydrogens (tertiary/aromatic N) is 4. The van der Waals surface area contributed by atoms with E-state index in [9.17, 15) is 0 Å². The van der Waals surface area contributed by atoms with Gasteiger partial charge in [0.25, 0.3) is 5.89 Å². The third-order valence-corrected chi connectivity index (χ3v) is 4.33. The number of anilines is 2. The molecule has 0 spiro atoms. The number of nitrogens with one attached hydrogen (secondary N) is 1. The monoisotopic (exact) mass is 357 g/mol. The van der Waals surface area contributed by atoms with Crippen LogP contribution in [0.4, 0.5) is 11.7 Å². The molecular formula is C21H19N5O. The molecule has 0 saturated heterocycles. The summed E-state index contributed by atoms with van der Waals surface area (Å²) in [7, 11) is 0. The Labute approximate surface area is 157 Å². The molecule has 6 nitrogen and oxygen atoms in total. The van der Waals surface area contributed by atoms with Crippen molar-refractivity contribution in [3.8, 4) is 11.5 Å². The summed E-state index contributed by atoms with van der Waals surface area (Å²) in [4.78, 5) is 8.57. The summed E-state index contributed by atoms with van der Waals surface area (Å²) in [5.74, 6) is 0.462. The van der Waals surface area contributed by atoms with E-state index in [1.165, 1.54) is 5.56 Å². The lowest BCUT2D eigenvalue weighted by molar-refractivity contribution is 0.586. The molecule has 1 aromatic carbocycles. The van der Waals surface area contributed by atoms with Crippen molar-refractivity contribution in [3.63, 3.8) is 0 Å². The van der Waals surface area contributed by atoms with Gasteiger partial charge in [0.05, 0.1) is 11.3 Å². The Morgan fingerprint density at radius 3 is 2.59 bits per heavy atom. The van der Waals surface area contributed by atoms with Crippen LogP contribution >= 0.6 is 0 Å². The molecule has 27 heavy (non-hydrogen) atoms. The van der Waals surface area contributed by atoms with Crippen LogP contribution < -0.4 is 5.32 Å². The minimum absolute atomic E-state index is 0.364. The molecule has 0 atom stereocenters. The average Bonchev–Trinajstić information content (AvgIpc) is 3.18. The van der Waals surface area contributed by atoms with Crippen molar-refractivity contribution in [2.45, 2.75) is 19.8 Å². The third kappa shape index (κ3) is 4.00. The average molecular weight is 357 g/mol. The van der Waals surface area contributed by atoms with E-state index in [1.54, 1.807) is 18.6 Å². The molecule has 6 heteroatoms. The minimum Gasteiger partial charge on any atom is -0.403 e. The lowest BCUT2D eigenvalue weighted by Crippen LogP contribution is -1.97. The minimum atomic E-state index is 0.364. The Kier molecular flexibility index (Phi) is 4.87. The van der Waals surface area contributed by atoms with Crippen molar-refractivity contribution in [1.82, 2.24) is 20.2 Å². The van der Waals surface area contributed by atoms with Gasteiger partial charge in [0.2, 0.25) is 0 Å². The van der Waals surface area contributed by atoms with E-state index >= 15 is 0 Å². The molecule has 0 unspecified atom stereocenters. The van der Waals surface area contributed by atoms with Crippen LogP contribution in [0.15, 0.2) is 71.5 Å². The van der Waals surface area contributed by atoms with Crippen LogP contribution in [0, 0.1) is 6.92 Å². The van der Waals surface area contributed by atoms with E-state index in [0.29, 0.717) is 11.9 Å². The van der Waals surface area contributed by atoms with Crippen molar-refractivity contribution < 1.29 is 4.42 Å². The van der Waals surface area contributed by atoms with Crippen molar-refractivity contribution in [1.29, 1.82) is 0 Å². The van der Waals surface area contributed by atoms with Gasteiger partial charge in [0.1, 0.15) is 0 Å². The standard InChI is InChI=1S/C21H19N5O/c1-15-5-2-3-7-18(15)24-21-26-25-20(27-21)17-6-4-12-23-19(17)9-8-16-10-13-22-14-11-16/h2-7,10-14H,8-9H2,1H3,(H,24,26). The Morgan fingerprint density at radius 1 is 0.889 bits per heavy atom. The maximum absolute atomic E-state index is 5.84. The molecule has 0 fully saturated rings. The summed E-state index contributed by atoms with van der Waals surface area (Å²) in [6, 6.07) is 16.2. The van der Waals surface area contributed by atoms with Gasteiger partial charge in [-0.1, -0.05) is 23.3 Å². The SMILES string of the molecule is Cc1ccccc1Nc1nnc(-c2cccnc2CCc2ccncc2)o1. The van der Waals surface area contributed by atoms with E-state index in [-0.39, 0.29) is 0 Å². The third-order valence-electron chi connectivity index (χ3n) is 4.33. The van der Waals surface area contributed by atoms with Crippen molar-refractivity contribution in [3.05, 3.63) is 83.9 Å². The summed E-state index contributed by atoms with van der Waals surface area (Å²) in [6.45, 7) is 2.03. The quantitative estimate of drug-likeness (QED) is 0.552. The van der Waals surface area contributed by atoms with Crippen LogP contribution in [0.5, 0.6) is 0 Å². The molecule has 0 radical (unpaired) electrons. The summed E-state index contributed by atoms with van der Waals surface area (Å²) >= 11 is 0. The van der Waals surface area contributed by atoms with Crippen LogP contribution in [0.1, 0.15) is 16.8 Å². The first-order chi connectivity index (χ1) is 13.3. The fourth-order valence-corrected chi connectivity index (χ4v) is 2.86. The molecule has 0 bridgehead atoms. The zero-order valence-electron chi connectivity index (χ0n) is 15.0. The molecule has 134 valence electrons. The number of para-hydroxylation sites is 1. The summed E-state index contributed by atoms with van der Waals surface area (Å²) < 4.78 is 5.84. The summed E-state index contributed by atoms with van der Waals surface area (Å²) in [6.07, 6.45) is 7.04. The molecule has 3 aromatic heterocycles. The van der Waals surface area contributed by atoms with Gasteiger partial charge in [-0.3, -0.25) is 9.97 Å². The van der Waals surface area contributed by atoms with E-state index in [0.717, 1.165) is 35.3 Å². The zero-order valence-corrected chi connectivity index (χ0v) is 15.0. The maximum atomic E-state index is 5.84. The van der Waals surface area contributed by atoms with Crippen LogP contribution in [0.2, 0.25) is 0 Å². The molecule has 0 amide bonds. The van der Waals surface area contributed by atoms with Gasteiger partial charge in [-0.25, -0.2) is 0 Å². The Balaban J connectivity index is 1.54. The second-order valence-corrected chi connectivity index (χ2v) is 6.21. The highest BCUT2D eigenvalue weighted by Crippen LogP contribution is 2.26. The van der Waals surface area contributed by atoms with Crippen LogP contribution in [0.25, 0.3) is 11.5 Å². The molecule has 4 aromatic rings. The van der Waals surface area contributed by atoms with Crippen molar-refractivity contribution >= 4 is 11.7 Å². The van der Waals surface area contributed by atoms with E-state index in [2.05, 4.69) is 25.5 Å². The second kappa shape index (κ2) is 7.78. The number of aromatic nitrogens is 4. The normalized spacial score (nSPS) is 10.7. The lowest BCUT2D eigenvalue weighted by atomic mass is 10.1. The number of hydrogen-bond acceptors (Lipinski definition) is 6. The van der Waals surface area contributed by atoms with E-state index < -0.39 is 0 Å². The van der Waals surface area contributed by atoms with Gasteiger partial charge in [0.15, 0.2) is 0 Å². The highest BCUT2D eigenvalue weighted by atomic mass is 16.4. The molecular weight excluding hydrogens is 338 g/mol. The van der Waals surface area contributed by atoms with Gasteiger partial charge in [0, 0.05) is 24.3 Å². The molecule has 0 aliphatic rings.